The van der Waals surface area contributed by atoms with Crippen LogP contribution in [0.1, 0.15) is 38.7 Å². The van der Waals surface area contributed by atoms with Gasteiger partial charge in [-0.05, 0) is 36.0 Å². The van der Waals surface area contributed by atoms with Crippen LogP contribution >= 0.6 is 0 Å². The molecule has 0 radical (unpaired) electrons. The van der Waals surface area contributed by atoms with Gasteiger partial charge in [0, 0.05) is 25.7 Å². The largest absolute Gasteiger partial charge is 0.416 e. The average molecular weight is 325 g/mol. The first-order valence-electron chi connectivity index (χ1n) is 8.13. The summed E-state index contributed by atoms with van der Waals surface area (Å²) in [4.78, 5) is 0. The molecule has 0 unspecified atom stereocenters. The maximum absolute atomic E-state index is 9.84. The van der Waals surface area contributed by atoms with Gasteiger partial charge in [-0.2, -0.15) is 0 Å². The Hall–Kier alpha value is -0.683. The zero-order valence-electron chi connectivity index (χ0n) is 14.7. The van der Waals surface area contributed by atoms with E-state index in [1.54, 1.807) is 0 Å². The van der Waals surface area contributed by atoms with Crippen LogP contribution in [0.3, 0.4) is 0 Å². The highest BCUT2D eigenvalue weighted by molar-refractivity contribution is 6.74. The molecular weight excluding hydrogens is 292 g/mol. The molecule has 1 rings (SSSR count). The Morgan fingerprint density at radius 1 is 1.09 bits per heavy atom. The number of rotatable bonds is 8. The Morgan fingerprint density at radius 2 is 1.68 bits per heavy atom. The van der Waals surface area contributed by atoms with Crippen molar-refractivity contribution < 1.29 is 14.6 Å². The maximum Gasteiger partial charge on any atom is 0.191 e. The molecule has 2 N–H and O–H groups in total. The van der Waals surface area contributed by atoms with Crippen molar-refractivity contribution in [2.75, 3.05) is 19.8 Å². The van der Waals surface area contributed by atoms with Crippen LogP contribution in [0.5, 0.6) is 0 Å². The molecule has 0 aliphatic heterocycles. The second-order valence-corrected chi connectivity index (χ2v) is 12.4. The zero-order valence-corrected chi connectivity index (χ0v) is 15.7. The first kappa shape index (κ1) is 19.4. The number of benzene rings is 1. The van der Waals surface area contributed by atoms with E-state index in [0.717, 1.165) is 5.56 Å². The summed E-state index contributed by atoms with van der Waals surface area (Å²) in [6.45, 7) is 11.9. The van der Waals surface area contributed by atoms with Crippen LogP contribution in [0.4, 0.5) is 0 Å². The van der Waals surface area contributed by atoms with Gasteiger partial charge in [0.1, 0.15) is 0 Å². The maximum atomic E-state index is 9.84. The van der Waals surface area contributed by atoms with Crippen molar-refractivity contribution >= 4 is 8.32 Å². The molecule has 0 fully saturated rings. The Bertz CT molecular complexity index is 426. The number of aliphatic hydroxyl groups is 2. The minimum atomic E-state index is -1.83. The van der Waals surface area contributed by atoms with Crippen molar-refractivity contribution in [3.8, 4) is 0 Å². The number of hydrogen-bond donors (Lipinski definition) is 2. The van der Waals surface area contributed by atoms with Gasteiger partial charge in [-0.25, -0.2) is 0 Å². The predicted molar refractivity (Wildman–Crippen MR) is 94.6 cm³/mol. The summed E-state index contributed by atoms with van der Waals surface area (Å²) in [5.41, 5.74) is 1.16. The number of aliphatic hydroxyl groups excluding tert-OH is 2. The fraction of sp³-hybridized carbons (Fsp3) is 0.667. The summed E-state index contributed by atoms with van der Waals surface area (Å²) in [7, 11) is -1.83. The molecule has 0 heterocycles. The lowest BCUT2D eigenvalue weighted by atomic mass is 9.84. The summed E-state index contributed by atoms with van der Waals surface area (Å²) in [6, 6.07) is 10.1. The van der Waals surface area contributed by atoms with Crippen LogP contribution in [0.25, 0.3) is 0 Å². The van der Waals surface area contributed by atoms with Crippen molar-refractivity contribution in [2.45, 2.75) is 51.2 Å². The van der Waals surface area contributed by atoms with Crippen molar-refractivity contribution in [3.05, 3.63) is 35.9 Å². The van der Waals surface area contributed by atoms with Gasteiger partial charge in [-0.3, -0.25) is 0 Å². The molecule has 0 aromatic heterocycles. The summed E-state index contributed by atoms with van der Waals surface area (Å²) in [5.74, 6) is 0.143. The molecule has 0 aliphatic rings. The van der Waals surface area contributed by atoms with E-state index in [1.807, 2.05) is 18.2 Å². The first-order chi connectivity index (χ1) is 10.2. The highest BCUT2D eigenvalue weighted by Crippen LogP contribution is 2.38. The Labute approximate surface area is 136 Å². The third kappa shape index (κ3) is 5.20. The second-order valence-electron chi connectivity index (χ2n) is 7.54. The van der Waals surface area contributed by atoms with E-state index < -0.39 is 8.32 Å². The Morgan fingerprint density at radius 3 is 2.14 bits per heavy atom. The van der Waals surface area contributed by atoms with Crippen LogP contribution in [-0.2, 0) is 4.43 Å². The van der Waals surface area contributed by atoms with Crippen LogP contribution in [0, 0.1) is 5.92 Å². The van der Waals surface area contributed by atoms with E-state index in [2.05, 4.69) is 46.0 Å². The van der Waals surface area contributed by atoms with E-state index >= 15 is 0 Å². The smallest absolute Gasteiger partial charge is 0.191 e. The van der Waals surface area contributed by atoms with Crippen LogP contribution < -0.4 is 0 Å². The summed E-state index contributed by atoms with van der Waals surface area (Å²) in [6.07, 6.45) is 0.649. The van der Waals surface area contributed by atoms with E-state index in [-0.39, 0.29) is 30.1 Å². The molecule has 0 aliphatic carbocycles. The van der Waals surface area contributed by atoms with Crippen molar-refractivity contribution in [1.82, 2.24) is 0 Å². The van der Waals surface area contributed by atoms with Gasteiger partial charge in [0.15, 0.2) is 8.32 Å². The molecule has 2 atom stereocenters. The highest BCUT2D eigenvalue weighted by Gasteiger charge is 2.38. The molecule has 0 saturated carbocycles. The second kappa shape index (κ2) is 8.25. The monoisotopic (exact) mass is 324 g/mol. The van der Waals surface area contributed by atoms with Gasteiger partial charge in [0.05, 0.1) is 0 Å². The SMILES string of the molecule is CC(C)(C)[Si](C)(C)OC[C@H](CO)[C@@H](CCO)c1ccccc1. The third-order valence-electron chi connectivity index (χ3n) is 4.94. The molecule has 0 bridgehead atoms. The standard InChI is InChI=1S/C18H32O3Si/c1-18(2,3)22(4,5)21-14-16(13-20)17(11-12-19)15-9-7-6-8-10-15/h6-10,16-17,19-20H,11-14H2,1-5H3/t16-,17-/m0/s1. The van der Waals surface area contributed by atoms with Gasteiger partial charge >= 0.3 is 0 Å². The Kier molecular flexibility index (Phi) is 7.26. The lowest BCUT2D eigenvalue weighted by molar-refractivity contribution is 0.123. The molecule has 4 heteroatoms. The van der Waals surface area contributed by atoms with Crippen LogP contribution in [0.2, 0.25) is 18.1 Å². The van der Waals surface area contributed by atoms with E-state index in [1.165, 1.54) is 0 Å². The lowest BCUT2D eigenvalue weighted by Gasteiger charge is -2.38. The topological polar surface area (TPSA) is 49.7 Å². The molecule has 1 aromatic carbocycles. The first-order valence-corrected chi connectivity index (χ1v) is 11.0. The lowest BCUT2D eigenvalue weighted by Crippen LogP contribution is -2.42. The fourth-order valence-electron chi connectivity index (χ4n) is 2.34. The molecule has 1 aromatic rings. The summed E-state index contributed by atoms with van der Waals surface area (Å²) in [5, 5.41) is 19.4. The van der Waals surface area contributed by atoms with Crippen molar-refractivity contribution in [2.24, 2.45) is 5.92 Å². The molecule has 0 amide bonds. The zero-order chi connectivity index (χ0) is 16.8. The minimum Gasteiger partial charge on any atom is -0.416 e. The van der Waals surface area contributed by atoms with E-state index in [4.69, 9.17) is 4.43 Å². The Balaban J connectivity index is 2.83. The highest BCUT2D eigenvalue weighted by atomic mass is 28.4. The molecular formula is C18H32O3Si. The van der Waals surface area contributed by atoms with Crippen LogP contribution in [-0.4, -0.2) is 38.4 Å². The molecule has 0 saturated heterocycles. The van der Waals surface area contributed by atoms with Gasteiger partial charge in [-0.15, -0.1) is 0 Å². The molecule has 22 heavy (non-hydrogen) atoms. The van der Waals surface area contributed by atoms with E-state index in [9.17, 15) is 10.2 Å². The molecule has 0 spiro atoms. The molecule has 126 valence electrons. The van der Waals surface area contributed by atoms with Crippen LogP contribution in [0.15, 0.2) is 30.3 Å². The summed E-state index contributed by atoms with van der Waals surface area (Å²) >= 11 is 0. The predicted octanol–water partition coefficient (Wildman–Crippen LogP) is 3.78. The third-order valence-corrected chi connectivity index (χ3v) is 9.44. The van der Waals surface area contributed by atoms with Gasteiger partial charge in [0.25, 0.3) is 0 Å². The fourth-order valence-corrected chi connectivity index (χ4v) is 3.41. The normalized spacial score (nSPS) is 15.6. The van der Waals surface area contributed by atoms with Gasteiger partial charge < -0.3 is 14.6 Å². The molecule has 3 nitrogen and oxygen atoms in total. The summed E-state index contributed by atoms with van der Waals surface area (Å²) < 4.78 is 6.29. The average Bonchev–Trinajstić information content (AvgIpc) is 2.46. The quantitative estimate of drug-likeness (QED) is 0.715. The van der Waals surface area contributed by atoms with Crippen molar-refractivity contribution in [3.63, 3.8) is 0 Å². The van der Waals surface area contributed by atoms with Crippen molar-refractivity contribution in [1.29, 1.82) is 0 Å². The number of hydrogen-bond acceptors (Lipinski definition) is 3. The minimum absolute atomic E-state index is 0.0173. The van der Waals surface area contributed by atoms with Gasteiger partial charge in [-0.1, -0.05) is 51.1 Å². The van der Waals surface area contributed by atoms with E-state index in [0.29, 0.717) is 13.0 Å². The van der Waals surface area contributed by atoms with Gasteiger partial charge in [0.2, 0.25) is 0 Å².